The fraction of sp³-hybridized carbons (Fsp3) is 0.235. The Bertz CT molecular complexity index is 1630. The van der Waals surface area contributed by atoms with Crippen molar-refractivity contribution in [1.29, 1.82) is 0 Å². The Balaban J connectivity index is 1.35. The minimum absolute atomic E-state index is 0.0370. The number of amides is 1. The number of aliphatic hydroxyl groups excluding tert-OH is 1. The lowest BCUT2D eigenvalue weighted by Crippen LogP contribution is -2.33. The highest BCUT2D eigenvalue weighted by Gasteiger charge is 2.33. The van der Waals surface area contributed by atoms with E-state index in [-0.39, 0.29) is 30.9 Å². The van der Waals surface area contributed by atoms with Crippen LogP contribution in [0.3, 0.4) is 0 Å². The topological polar surface area (TPSA) is 105 Å². The average molecular weight is 687 g/mol. The third-order valence-corrected chi connectivity index (χ3v) is 8.94. The van der Waals surface area contributed by atoms with E-state index in [0.717, 1.165) is 38.3 Å². The minimum atomic E-state index is -2.04. The summed E-state index contributed by atoms with van der Waals surface area (Å²) in [4.78, 5) is 24.2. The number of hydrogen-bond acceptors (Lipinski definition) is 6. The summed E-state index contributed by atoms with van der Waals surface area (Å²) in [7, 11) is 0. The summed E-state index contributed by atoms with van der Waals surface area (Å²) in [6, 6.07) is 30.1. The highest BCUT2D eigenvalue weighted by Crippen LogP contribution is 2.40. The van der Waals surface area contributed by atoms with E-state index in [2.05, 4.69) is 5.32 Å². The zero-order valence-electron chi connectivity index (χ0n) is 23.9. The normalized spacial score (nSPS) is 18.4. The van der Waals surface area contributed by atoms with Crippen LogP contribution in [0.5, 0.6) is 0 Å². The first-order valence-electron chi connectivity index (χ1n) is 14.1. The summed E-state index contributed by atoms with van der Waals surface area (Å²) in [5.41, 5.74) is 5.61. The van der Waals surface area contributed by atoms with E-state index < -0.39 is 22.0 Å². The van der Waals surface area contributed by atoms with Crippen LogP contribution in [-0.4, -0.2) is 37.7 Å². The molecule has 1 fully saturated rings. The lowest BCUT2D eigenvalue weighted by atomic mass is 9.99. The Kier molecular flexibility index (Phi) is 11.1. The van der Waals surface area contributed by atoms with Gasteiger partial charge in [-0.2, -0.15) is 0 Å². The monoisotopic (exact) mass is 685 g/mol. The van der Waals surface area contributed by atoms with Gasteiger partial charge in [0.05, 0.1) is 24.4 Å². The molecule has 4 aromatic rings. The molecule has 11 heteroatoms. The van der Waals surface area contributed by atoms with Crippen LogP contribution in [0.25, 0.3) is 11.1 Å². The molecule has 7 nitrogen and oxygen atoms in total. The van der Waals surface area contributed by atoms with E-state index in [1.807, 2.05) is 72.8 Å². The minimum Gasteiger partial charge on any atom is -0.478 e. The van der Waals surface area contributed by atoms with Crippen LogP contribution in [0.2, 0.25) is 0 Å². The number of carbonyl (C=O) groups excluding carboxylic acids is 1. The van der Waals surface area contributed by atoms with Crippen LogP contribution in [0.4, 0.5) is 0 Å². The number of thioether (sulfide) groups is 1. The van der Waals surface area contributed by atoms with Gasteiger partial charge in [0.1, 0.15) is 0 Å². The quantitative estimate of drug-likeness (QED) is 0.115. The maximum absolute atomic E-state index is 12.0. The predicted molar refractivity (Wildman–Crippen MR) is 177 cm³/mol. The van der Waals surface area contributed by atoms with Gasteiger partial charge in [-0.25, -0.2) is 4.79 Å². The number of aromatic carboxylic acids is 1. The number of ether oxygens (including phenoxy) is 2. The summed E-state index contributed by atoms with van der Waals surface area (Å²) in [5.74, 6) is -1.02. The zero-order valence-corrected chi connectivity index (χ0v) is 27.0. The van der Waals surface area contributed by atoms with Crippen molar-refractivity contribution in [2.24, 2.45) is 0 Å². The van der Waals surface area contributed by atoms with E-state index in [9.17, 15) is 19.8 Å². The summed E-state index contributed by atoms with van der Waals surface area (Å²) >= 11 is 18.6. The number of aliphatic hydroxyl groups is 1. The van der Waals surface area contributed by atoms with Crippen LogP contribution < -0.4 is 5.32 Å². The van der Waals surface area contributed by atoms with Gasteiger partial charge in [-0.3, -0.25) is 4.79 Å². The molecule has 45 heavy (non-hydrogen) atoms. The number of benzene rings is 4. The Hall–Kier alpha value is -3.08. The molecule has 0 aromatic heterocycles. The molecule has 0 spiro atoms. The number of carboxylic acid groups (broad SMARTS) is 1. The highest BCUT2D eigenvalue weighted by atomic mass is 35.6. The zero-order chi connectivity index (χ0) is 32.0. The summed E-state index contributed by atoms with van der Waals surface area (Å²) in [5, 5.41) is 21.3. The third-order valence-electron chi connectivity index (χ3n) is 7.28. The molecule has 0 bridgehead atoms. The van der Waals surface area contributed by atoms with Crippen molar-refractivity contribution in [2.75, 3.05) is 5.75 Å². The van der Waals surface area contributed by atoms with Gasteiger partial charge in [0.2, 0.25) is 0 Å². The summed E-state index contributed by atoms with van der Waals surface area (Å²) < 4.78 is 11.0. The SMILES string of the molecule is O=C(O)c1ccc(SCC2CC(c3ccc(CO)cc3)OC(c3cccc(-c4cccc(CNC(=O)C(Cl)(Cl)Cl)c4)c3)O2)cc1. The van der Waals surface area contributed by atoms with Crippen LogP contribution in [0.15, 0.2) is 102 Å². The van der Waals surface area contributed by atoms with Crippen LogP contribution in [0.1, 0.15) is 51.4 Å². The second-order valence-electron chi connectivity index (χ2n) is 10.5. The average Bonchev–Trinajstić information content (AvgIpc) is 3.06. The van der Waals surface area contributed by atoms with E-state index >= 15 is 0 Å². The van der Waals surface area contributed by atoms with E-state index in [0.29, 0.717) is 12.2 Å². The fourth-order valence-electron chi connectivity index (χ4n) is 4.91. The van der Waals surface area contributed by atoms with Crippen molar-refractivity contribution in [3.8, 4) is 11.1 Å². The Morgan fingerprint density at radius 2 is 1.53 bits per heavy atom. The number of carbonyl (C=O) groups is 2. The molecule has 3 N–H and O–H groups in total. The molecule has 234 valence electrons. The lowest BCUT2D eigenvalue weighted by molar-refractivity contribution is -0.245. The van der Waals surface area contributed by atoms with E-state index in [4.69, 9.17) is 44.3 Å². The largest absolute Gasteiger partial charge is 0.478 e. The molecule has 1 amide bonds. The Morgan fingerprint density at radius 1 is 0.844 bits per heavy atom. The first-order valence-corrected chi connectivity index (χ1v) is 16.2. The number of hydrogen-bond donors (Lipinski definition) is 3. The smallest absolute Gasteiger partial charge is 0.335 e. The van der Waals surface area contributed by atoms with Gasteiger partial charge in [-0.1, -0.05) is 95.5 Å². The lowest BCUT2D eigenvalue weighted by Gasteiger charge is -2.36. The number of nitrogens with one attached hydrogen (secondary N) is 1. The molecule has 0 aliphatic carbocycles. The van der Waals surface area contributed by atoms with Crippen LogP contribution in [-0.2, 0) is 27.4 Å². The number of alkyl halides is 3. The van der Waals surface area contributed by atoms with Gasteiger partial charge in [0.25, 0.3) is 9.70 Å². The van der Waals surface area contributed by atoms with Crippen molar-refractivity contribution in [1.82, 2.24) is 5.32 Å². The standard InChI is InChI=1S/C34H30Cl3NO6S/c35-34(36,37)33(42)38-18-22-3-1-4-25(15-22)26-5-2-6-27(16-26)32-43-28(20-45-29-13-11-24(12-14-29)31(40)41)17-30(44-32)23-9-7-21(19-39)8-10-23/h1-16,28,30,32,39H,17-20H2,(H,38,42)(H,40,41). The first kappa shape index (κ1) is 33.3. The Labute approximate surface area is 280 Å². The van der Waals surface area contributed by atoms with Crippen LogP contribution in [0, 0.1) is 0 Å². The van der Waals surface area contributed by atoms with Gasteiger partial charge < -0.3 is 25.0 Å². The van der Waals surface area contributed by atoms with E-state index in [1.165, 1.54) is 0 Å². The first-order chi connectivity index (χ1) is 21.6. The summed E-state index contributed by atoms with van der Waals surface area (Å²) in [6.45, 7) is 0.162. The second kappa shape index (κ2) is 15.0. The molecule has 3 unspecified atom stereocenters. The molecule has 0 saturated carbocycles. The maximum atomic E-state index is 12.0. The van der Waals surface area contributed by atoms with Gasteiger partial charge in [0.15, 0.2) is 6.29 Å². The molecule has 0 radical (unpaired) electrons. The molecule has 1 heterocycles. The molecular weight excluding hydrogens is 657 g/mol. The molecule has 1 saturated heterocycles. The Morgan fingerprint density at radius 3 is 2.20 bits per heavy atom. The van der Waals surface area contributed by atoms with Crippen molar-refractivity contribution < 1.29 is 29.3 Å². The number of halogens is 3. The molecule has 4 aromatic carbocycles. The van der Waals surface area contributed by atoms with E-state index in [1.54, 1.807) is 36.0 Å². The number of rotatable bonds is 10. The molecule has 1 aliphatic rings. The molecule has 3 atom stereocenters. The third kappa shape index (κ3) is 9.01. The molecule has 5 rings (SSSR count). The van der Waals surface area contributed by atoms with Gasteiger partial charge in [-0.05, 0) is 64.2 Å². The summed E-state index contributed by atoms with van der Waals surface area (Å²) in [6.07, 6.45) is -0.432. The highest BCUT2D eigenvalue weighted by molar-refractivity contribution is 7.99. The van der Waals surface area contributed by atoms with Crippen molar-refractivity contribution in [2.45, 2.75) is 46.8 Å². The second-order valence-corrected chi connectivity index (χ2v) is 13.9. The van der Waals surface area contributed by atoms with Gasteiger partial charge in [0, 0.05) is 29.2 Å². The molecular formula is C34H30Cl3NO6S. The molecule has 1 aliphatic heterocycles. The van der Waals surface area contributed by atoms with Crippen molar-refractivity contribution >= 4 is 58.4 Å². The van der Waals surface area contributed by atoms with Crippen molar-refractivity contribution in [3.05, 3.63) is 125 Å². The van der Waals surface area contributed by atoms with Crippen molar-refractivity contribution in [3.63, 3.8) is 0 Å². The maximum Gasteiger partial charge on any atom is 0.335 e. The number of carboxylic acids is 1. The van der Waals surface area contributed by atoms with Gasteiger partial charge in [-0.15, -0.1) is 11.8 Å². The predicted octanol–water partition coefficient (Wildman–Crippen LogP) is 7.87. The van der Waals surface area contributed by atoms with Crippen LogP contribution >= 0.6 is 46.6 Å². The van der Waals surface area contributed by atoms with Gasteiger partial charge >= 0.3 is 5.97 Å². The fourth-order valence-corrected chi connectivity index (χ4v) is 6.04.